The van der Waals surface area contributed by atoms with Gasteiger partial charge >= 0.3 is 0 Å². The Labute approximate surface area is 95.0 Å². The Kier molecular flexibility index (Phi) is 3.46. The molecule has 1 fully saturated rings. The predicted octanol–water partition coefficient (Wildman–Crippen LogP) is 1.12. The van der Waals surface area contributed by atoms with Crippen LogP contribution in [0.25, 0.3) is 0 Å². The van der Waals surface area contributed by atoms with E-state index in [4.69, 9.17) is 15.2 Å². The quantitative estimate of drug-likeness (QED) is 0.800. The van der Waals surface area contributed by atoms with Crippen LogP contribution >= 0.6 is 0 Å². The van der Waals surface area contributed by atoms with Gasteiger partial charge in [-0.1, -0.05) is 0 Å². The third kappa shape index (κ3) is 2.55. The number of pyridine rings is 1. The summed E-state index contributed by atoms with van der Waals surface area (Å²) in [4.78, 5) is 4.25. The number of anilines is 2. The monoisotopic (exact) mass is 223 g/mol. The van der Waals surface area contributed by atoms with Gasteiger partial charge in [0.2, 0.25) is 5.88 Å². The molecule has 88 valence electrons. The van der Waals surface area contributed by atoms with Crippen molar-refractivity contribution in [1.82, 2.24) is 4.98 Å². The first-order chi connectivity index (χ1) is 7.79. The standard InChI is InChI=1S/C11H17N3O2/c1-15-10-3-2-9(12)11(14-10)13-6-8-4-5-16-7-8/h2-3,8H,4-7,12H2,1H3,(H,13,14). The van der Waals surface area contributed by atoms with Gasteiger partial charge in [-0.25, -0.2) is 0 Å². The predicted molar refractivity (Wildman–Crippen MR) is 62.6 cm³/mol. The fraction of sp³-hybridized carbons (Fsp3) is 0.545. The molecule has 1 unspecified atom stereocenters. The molecule has 1 aliphatic rings. The van der Waals surface area contributed by atoms with Crippen LogP contribution in [0.2, 0.25) is 0 Å². The second-order valence-electron chi connectivity index (χ2n) is 3.90. The molecular weight excluding hydrogens is 206 g/mol. The van der Waals surface area contributed by atoms with Crippen LogP contribution in [-0.2, 0) is 4.74 Å². The molecule has 0 aromatic carbocycles. The van der Waals surface area contributed by atoms with Gasteiger partial charge in [-0.05, 0) is 12.5 Å². The van der Waals surface area contributed by atoms with Crippen LogP contribution in [0.5, 0.6) is 5.88 Å². The summed E-state index contributed by atoms with van der Waals surface area (Å²) < 4.78 is 10.4. The van der Waals surface area contributed by atoms with E-state index >= 15 is 0 Å². The van der Waals surface area contributed by atoms with Crippen LogP contribution in [0.3, 0.4) is 0 Å². The summed E-state index contributed by atoms with van der Waals surface area (Å²) in [6.07, 6.45) is 1.09. The molecule has 0 radical (unpaired) electrons. The van der Waals surface area contributed by atoms with E-state index in [2.05, 4.69) is 10.3 Å². The van der Waals surface area contributed by atoms with E-state index in [0.29, 0.717) is 23.3 Å². The van der Waals surface area contributed by atoms with Crippen molar-refractivity contribution < 1.29 is 9.47 Å². The average molecular weight is 223 g/mol. The van der Waals surface area contributed by atoms with Crippen LogP contribution in [0.4, 0.5) is 11.5 Å². The topological polar surface area (TPSA) is 69.4 Å². The summed E-state index contributed by atoms with van der Waals surface area (Å²) >= 11 is 0. The Morgan fingerprint density at radius 1 is 1.62 bits per heavy atom. The van der Waals surface area contributed by atoms with Crippen molar-refractivity contribution in [3.05, 3.63) is 12.1 Å². The van der Waals surface area contributed by atoms with Gasteiger partial charge in [0.05, 0.1) is 19.4 Å². The number of nitrogens with zero attached hydrogens (tertiary/aromatic N) is 1. The van der Waals surface area contributed by atoms with E-state index in [1.54, 1.807) is 19.2 Å². The molecule has 3 N–H and O–H groups in total. The average Bonchev–Trinajstić information content (AvgIpc) is 2.81. The first kappa shape index (κ1) is 11.0. The maximum atomic E-state index is 5.82. The largest absolute Gasteiger partial charge is 0.481 e. The van der Waals surface area contributed by atoms with E-state index in [1.165, 1.54) is 0 Å². The molecule has 1 saturated heterocycles. The van der Waals surface area contributed by atoms with E-state index in [9.17, 15) is 0 Å². The molecule has 0 aliphatic carbocycles. The summed E-state index contributed by atoms with van der Waals surface area (Å²) in [5.41, 5.74) is 6.46. The van der Waals surface area contributed by atoms with Crippen LogP contribution in [0.15, 0.2) is 12.1 Å². The molecular formula is C11H17N3O2. The number of rotatable bonds is 4. The van der Waals surface area contributed by atoms with Crippen molar-refractivity contribution in [2.24, 2.45) is 5.92 Å². The molecule has 5 nitrogen and oxygen atoms in total. The van der Waals surface area contributed by atoms with Crippen LogP contribution < -0.4 is 15.8 Å². The van der Waals surface area contributed by atoms with Crippen LogP contribution in [0, 0.1) is 5.92 Å². The molecule has 1 aliphatic heterocycles. The van der Waals surface area contributed by atoms with Crippen LogP contribution in [-0.4, -0.2) is 31.9 Å². The van der Waals surface area contributed by atoms with Gasteiger partial charge in [0.1, 0.15) is 0 Å². The molecule has 1 aromatic rings. The van der Waals surface area contributed by atoms with E-state index in [0.717, 1.165) is 26.2 Å². The Hall–Kier alpha value is -1.49. The third-order valence-corrected chi connectivity index (χ3v) is 2.69. The molecule has 2 rings (SSSR count). The zero-order valence-electron chi connectivity index (χ0n) is 9.40. The fourth-order valence-corrected chi connectivity index (χ4v) is 1.69. The minimum absolute atomic E-state index is 0.549. The zero-order valence-corrected chi connectivity index (χ0v) is 9.40. The fourth-order valence-electron chi connectivity index (χ4n) is 1.69. The maximum Gasteiger partial charge on any atom is 0.215 e. The van der Waals surface area contributed by atoms with Crippen molar-refractivity contribution in [1.29, 1.82) is 0 Å². The summed E-state index contributed by atoms with van der Waals surface area (Å²) in [5, 5.41) is 3.23. The van der Waals surface area contributed by atoms with Gasteiger partial charge in [-0.2, -0.15) is 4.98 Å². The van der Waals surface area contributed by atoms with Gasteiger partial charge in [-0.3, -0.25) is 0 Å². The molecule has 0 amide bonds. The molecule has 1 atom stereocenters. The highest BCUT2D eigenvalue weighted by Gasteiger charge is 2.15. The van der Waals surface area contributed by atoms with Crippen LogP contribution in [0.1, 0.15) is 6.42 Å². The van der Waals surface area contributed by atoms with E-state index < -0.39 is 0 Å². The van der Waals surface area contributed by atoms with Gasteiger partial charge in [0, 0.05) is 25.1 Å². The highest BCUT2D eigenvalue weighted by Crippen LogP contribution is 2.21. The molecule has 0 spiro atoms. The minimum atomic E-state index is 0.549. The van der Waals surface area contributed by atoms with Crippen molar-refractivity contribution >= 4 is 11.5 Å². The molecule has 0 saturated carbocycles. The first-order valence-corrected chi connectivity index (χ1v) is 5.41. The minimum Gasteiger partial charge on any atom is -0.481 e. The number of nitrogen functional groups attached to an aromatic ring is 1. The number of aromatic nitrogens is 1. The second-order valence-corrected chi connectivity index (χ2v) is 3.90. The van der Waals surface area contributed by atoms with Gasteiger partial charge in [0.25, 0.3) is 0 Å². The lowest BCUT2D eigenvalue weighted by atomic mass is 10.1. The van der Waals surface area contributed by atoms with Crippen molar-refractivity contribution in [3.8, 4) is 5.88 Å². The Morgan fingerprint density at radius 3 is 3.19 bits per heavy atom. The lowest BCUT2D eigenvalue weighted by Gasteiger charge is -2.12. The van der Waals surface area contributed by atoms with Crippen molar-refractivity contribution in [3.63, 3.8) is 0 Å². The smallest absolute Gasteiger partial charge is 0.215 e. The normalized spacial score (nSPS) is 19.7. The summed E-state index contributed by atoms with van der Waals surface area (Å²) in [6.45, 7) is 2.51. The lowest BCUT2D eigenvalue weighted by molar-refractivity contribution is 0.187. The summed E-state index contributed by atoms with van der Waals surface area (Å²) in [7, 11) is 1.59. The highest BCUT2D eigenvalue weighted by molar-refractivity contribution is 5.61. The summed E-state index contributed by atoms with van der Waals surface area (Å²) in [5.74, 6) is 1.80. The van der Waals surface area contributed by atoms with E-state index in [-0.39, 0.29) is 0 Å². The number of hydrogen-bond donors (Lipinski definition) is 2. The number of ether oxygens (including phenoxy) is 2. The Balaban J connectivity index is 1.96. The SMILES string of the molecule is COc1ccc(N)c(NCC2CCOC2)n1. The van der Waals surface area contributed by atoms with E-state index in [1.807, 2.05) is 0 Å². The highest BCUT2D eigenvalue weighted by atomic mass is 16.5. The van der Waals surface area contributed by atoms with Crippen molar-refractivity contribution in [2.75, 3.05) is 37.9 Å². The maximum absolute atomic E-state index is 5.82. The molecule has 1 aromatic heterocycles. The number of nitrogens with two attached hydrogens (primary N) is 1. The molecule has 0 bridgehead atoms. The first-order valence-electron chi connectivity index (χ1n) is 5.41. The van der Waals surface area contributed by atoms with Gasteiger partial charge in [0.15, 0.2) is 5.82 Å². The summed E-state index contributed by atoms with van der Waals surface area (Å²) in [6, 6.07) is 3.54. The Morgan fingerprint density at radius 2 is 2.50 bits per heavy atom. The number of methoxy groups -OCH3 is 1. The molecule has 16 heavy (non-hydrogen) atoms. The number of nitrogens with one attached hydrogen (secondary N) is 1. The second kappa shape index (κ2) is 5.03. The number of hydrogen-bond acceptors (Lipinski definition) is 5. The third-order valence-electron chi connectivity index (χ3n) is 2.69. The lowest BCUT2D eigenvalue weighted by Crippen LogP contribution is -2.15. The van der Waals surface area contributed by atoms with Crippen molar-refractivity contribution in [2.45, 2.75) is 6.42 Å². The van der Waals surface area contributed by atoms with Gasteiger partial charge in [-0.15, -0.1) is 0 Å². The molecule has 5 heteroatoms. The molecule has 2 heterocycles. The van der Waals surface area contributed by atoms with Gasteiger partial charge < -0.3 is 20.5 Å². The zero-order chi connectivity index (χ0) is 11.4. The Bertz CT molecular complexity index is 351.